The summed E-state index contributed by atoms with van der Waals surface area (Å²) in [6, 6.07) is 3.16. The van der Waals surface area contributed by atoms with Gasteiger partial charge in [-0.3, -0.25) is 4.79 Å². The van der Waals surface area contributed by atoms with Gasteiger partial charge in [0.25, 0.3) is 0 Å². The van der Waals surface area contributed by atoms with Gasteiger partial charge in [0.05, 0.1) is 30.2 Å². The van der Waals surface area contributed by atoms with Crippen LogP contribution in [0.2, 0.25) is 5.02 Å². The Hall–Kier alpha value is -1.73. The SMILES string of the molecule is COc1cc(C=CC(=O)N(C)C2CCS(=O)(=O)C2)cc(Cl)c1OCC(C)C. The van der Waals surface area contributed by atoms with Crippen molar-refractivity contribution in [2.24, 2.45) is 5.92 Å². The van der Waals surface area contributed by atoms with E-state index in [9.17, 15) is 13.2 Å². The van der Waals surface area contributed by atoms with Crippen LogP contribution in [0.3, 0.4) is 0 Å². The summed E-state index contributed by atoms with van der Waals surface area (Å²) in [6.07, 6.45) is 3.51. The van der Waals surface area contributed by atoms with Gasteiger partial charge in [-0.1, -0.05) is 25.4 Å². The van der Waals surface area contributed by atoms with Crippen LogP contribution < -0.4 is 9.47 Å². The van der Waals surface area contributed by atoms with Gasteiger partial charge in [-0.05, 0) is 36.1 Å². The Kier molecular flexibility index (Phi) is 7.17. The standard InChI is InChI=1S/C19H26ClNO5S/c1-13(2)11-26-19-16(20)9-14(10-17(19)25-4)5-6-18(22)21(3)15-7-8-27(23,24)12-15/h5-6,9-10,13,15H,7-8,11-12H2,1-4H3. The molecule has 1 atom stereocenters. The summed E-state index contributed by atoms with van der Waals surface area (Å²) in [6.45, 7) is 4.59. The Bertz CT molecular complexity index is 820. The number of halogens is 1. The average molecular weight is 416 g/mol. The monoisotopic (exact) mass is 415 g/mol. The Morgan fingerprint density at radius 2 is 2.11 bits per heavy atom. The van der Waals surface area contributed by atoms with Crippen LogP contribution in [0.5, 0.6) is 11.5 Å². The summed E-state index contributed by atoms with van der Waals surface area (Å²) < 4.78 is 34.2. The molecule has 0 aromatic heterocycles. The van der Waals surface area contributed by atoms with Gasteiger partial charge < -0.3 is 14.4 Å². The maximum Gasteiger partial charge on any atom is 0.246 e. The lowest BCUT2D eigenvalue weighted by Crippen LogP contribution is -2.36. The predicted octanol–water partition coefficient (Wildman–Crippen LogP) is 3.04. The number of amides is 1. The van der Waals surface area contributed by atoms with Gasteiger partial charge in [0.1, 0.15) is 0 Å². The summed E-state index contributed by atoms with van der Waals surface area (Å²) in [5, 5.41) is 0.400. The lowest BCUT2D eigenvalue weighted by Gasteiger charge is -2.21. The molecule has 0 aliphatic carbocycles. The van der Waals surface area contributed by atoms with Gasteiger partial charge in [0, 0.05) is 19.2 Å². The van der Waals surface area contributed by atoms with E-state index in [2.05, 4.69) is 0 Å². The number of benzene rings is 1. The minimum Gasteiger partial charge on any atom is -0.493 e. The topological polar surface area (TPSA) is 72.9 Å². The van der Waals surface area contributed by atoms with Gasteiger partial charge in [-0.25, -0.2) is 8.42 Å². The van der Waals surface area contributed by atoms with Crippen molar-refractivity contribution >= 4 is 33.4 Å². The molecule has 0 spiro atoms. The number of nitrogens with zero attached hydrogens (tertiary/aromatic N) is 1. The van der Waals surface area contributed by atoms with Gasteiger partial charge in [0.2, 0.25) is 5.91 Å². The predicted molar refractivity (Wildman–Crippen MR) is 107 cm³/mol. The van der Waals surface area contributed by atoms with Crippen molar-refractivity contribution < 1.29 is 22.7 Å². The van der Waals surface area contributed by atoms with Gasteiger partial charge in [-0.2, -0.15) is 0 Å². The molecular weight excluding hydrogens is 390 g/mol. The molecule has 6 nitrogen and oxygen atoms in total. The molecule has 1 aromatic rings. The zero-order valence-electron chi connectivity index (χ0n) is 16.1. The third kappa shape index (κ3) is 5.87. The first-order chi connectivity index (χ1) is 12.6. The number of hydrogen-bond donors (Lipinski definition) is 0. The molecule has 1 amide bonds. The number of carbonyl (C=O) groups excluding carboxylic acids is 1. The van der Waals surface area contributed by atoms with Crippen molar-refractivity contribution in [3.05, 3.63) is 28.8 Å². The molecule has 2 rings (SSSR count). The first-order valence-electron chi connectivity index (χ1n) is 8.78. The van der Waals surface area contributed by atoms with E-state index >= 15 is 0 Å². The van der Waals surface area contributed by atoms with Crippen LogP contribution in [0.1, 0.15) is 25.8 Å². The van der Waals surface area contributed by atoms with E-state index in [4.69, 9.17) is 21.1 Å². The second-order valence-electron chi connectivity index (χ2n) is 7.08. The van der Waals surface area contributed by atoms with Crippen LogP contribution >= 0.6 is 11.6 Å². The number of rotatable bonds is 7. The smallest absolute Gasteiger partial charge is 0.246 e. The van der Waals surface area contributed by atoms with E-state index in [0.717, 1.165) is 0 Å². The molecule has 0 saturated carbocycles. The Morgan fingerprint density at radius 1 is 1.41 bits per heavy atom. The van der Waals surface area contributed by atoms with E-state index in [0.29, 0.717) is 41.0 Å². The van der Waals surface area contributed by atoms with E-state index < -0.39 is 9.84 Å². The molecule has 0 N–H and O–H groups in total. The molecular formula is C19H26ClNO5S. The lowest BCUT2D eigenvalue weighted by atomic mass is 10.1. The molecule has 1 fully saturated rings. The maximum atomic E-state index is 12.4. The molecule has 8 heteroatoms. The normalized spacial score (nSPS) is 18.8. The number of sulfone groups is 1. The van der Waals surface area contributed by atoms with Crippen LogP contribution in [0.25, 0.3) is 6.08 Å². The molecule has 1 unspecified atom stereocenters. The van der Waals surface area contributed by atoms with Crippen molar-refractivity contribution in [3.8, 4) is 11.5 Å². The maximum absolute atomic E-state index is 12.4. The molecule has 0 bridgehead atoms. The quantitative estimate of drug-likeness (QED) is 0.640. The summed E-state index contributed by atoms with van der Waals surface area (Å²) in [7, 11) is 0.110. The van der Waals surface area contributed by atoms with Crippen molar-refractivity contribution in [3.63, 3.8) is 0 Å². The van der Waals surface area contributed by atoms with E-state index in [1.165, 1.54) is 18.1 Å². The highest BCUT2D eigenvalue weighted by molar-refractivity contribution is 7.91. The largest absolute Gasteiger partial charge is 0.493 e. The van der Waals surface area contributed by atoms with Crippen LogP contribution in [0.4, 0.5) is 0 Å². The third-order valence-corrected chi connectivity index (χ3v) is 6.37. The van der Waals surface area contributed by atoms with Crippen molar-refractivity contribution in [2.45, 2.75) is 26.3 Å². The zero-order valence-corrected chi connectivity index (χ0v) is 17.6. The molecule has 27 heavy (non-hydrogen) atoms. The zero-order chi connectivity index (χ0) is 20.2. The van der Waals surface area contributed by atoms with Gasteiger partial charge >= 0.3 is 0 Å². The molecule has 150 valence electrons. The van der Waals surface area contributed by atoms with Crippen LogP contribution in [-0.4, -0.2) is 57.5 Å². The molecule has 0 radical (unpaired) electrons. The number of hydrogen-bond acceptors (Lipinski definition) is 5. The Labute approximate surface area is 166 Å². The van der Waals surface area contributed by atoms with Crippen molar-refractivity contribution in [1.82, 2.24) is 4.90 Å². The van der Waals surface area contributed by atoms with Crippen molar-refractivity contribution in [2.75, 3.05) is 32.3 Å². The lowest BCUT2D eigenvalue weighted by molar-refractivity contribution is -0.126. The van der Waals surface area contributed by atoms with Crippen molar-refractivity contribution in [1.29, 1.82) is 0 Å². The minimum absolute atomic E-state index is 0.0185. The van der Waals surface area contributed by atoms with E-state index in [-0.39, 0.29) is 23.5 Å². The van der Waals surface area contributed by atoms with Gasteiger partial charge in [0.15, 0.2) is 21.3 Å². The second-order valence-corrected chi connectivity index (χ2v) is 9.71. The molecule has 1 saturated heterocycles. The van der Waals surface area contributed by atoms with Crippen LogP contribution in [0.15, 0.2) is 18.2 Å². The van der Waals surface area contributed by atoms with E-state index in [1.54, 1.807) is 25.3 Å². The summed E-state index contributed by atoms with van der Waals surface area (Å²) in [5.41, 5.74) is 0.689. The minimum atomic E-state index is -3.04. The highest BCUT2D eigenvalue weighted by Gasteiger charge is 2.32. The first-order valence-corrected chi connectivity index (χ1v) is 11.0. The highest BCUT2D eigenvalue weighted by atomic mass is 35.5. The van der Waals surface area contributed by atoms with Crippen LogP contribution in [0, 0.1) is 5.92 Å². The number of likely N-dealkylation sites (N-methyl/N-ethyl adjacent to an activating group) is 1. The fraction of sp³-hybridized carbons (Fsp3) is 0.526. The third-order valence-electron chi connectivity index (χ3n) is 4.33. The highest BCUT2D eigenvalue weighted by Crippen LogP contribution is 2.37. The molecule has 1 aliphatic rings. The summed E-state index contributed by atoms with van der Waals surface area (Å²) in [4.78, 5) is 13.8. The Morgan fingerprint density at radius 3 is 2.67 bits per heavy atom. The van der Waals surface area contributed by atoms with E-state index in [1.807, 2.05) is 13.8 Å². The number of ether oxygens (including phenoxy) is 2. The summed E-state index contributed by atoms with van der Waals surface area (Å²) >= 11 is 6.31. The summed E-state index contributed by atoms with van der Waals surface area (Å²) in [5.74, 6) is 1.20. The fourth-order valence-corrected chi connectivity index (χ4v) is 4.82. The second kappa shape index (κ2) is 8.97. The number of carbonyl (C=O) groups is 1. The fourth-order valence-electron chi connectivity index (χ4n) is 2.77. The molecule has 1 aliphatic heterocycles. The Balaban J connectivity index is 2.11. The molecule has 1 aromatic carbocycles. The van der Waals surface area contributed by atoms with Crippen LogP contribution in [-0.2, 0) is 14.6 Å². The first kappa shape index (κ1) is 21.6. The number of methoxy groups -OCH3 is 1. The molecule has 1 heterocycles. The average Bonchev–Trinajstić information content (AvgIpc) is 2.97. The van der Waals surface area contributed by atoms with Gasteiger partial charge in [-0.15, -0.1) is 0 Å².